The third kappa shape index (κ3) is 4.02. The number of amides is 1. The molecule has 0 unspecified atom stereocenters. The minimum absolute atomic E-state index is 0.0644. The zero-order valence-corrected chi connectivity index (χ0v) is 16.5. The monoisotopic (exact) mass is 396 g/mol. The smallest absolute Gasteiger partial charge is 0.308 e. The standard InChI is InChI=1S/C18H24N2O6S/c1-12-4-5-15-14(10-12)20(27(3,23)24)11-16(26-15)17(21)19-8-6-13(7-9-19)18(22)25-2/h4-5,10,13,16H,6-9,11H2,1-3H3/t16-/m0/s1. The number of nitrogens with zero attached hydrogens (tertiary/aromatic N) is 2. The summed E-state index contributed by atoms with van der Waals surface area (Å²) in [5.74, 6) is -0.357. The number of benzene rings is 1. The van der Waals surface area contributed by atoms with Gasteiger partial charge in [-0.15, -0.1) is 0 Å². The average molecular weight is 396 g/mol. The molecule has 2 heterocycles. The minimum Gasteiger partial charge on any atom is -0.476 e. The number of esters is 1. The molecule has 2 aliphatic heterocycles. The van der Waals surface area contributed by atoms with Crippen molar-refractivity contribution < 1.29 is 27.5 Å². The predicted octanol–water partition coefficient (Wildman–Crippen LogP) is 0.934. The Labute approximate surface area is 159 Å². The Morgan fingerprint density at radius 2 is 1.89 bits per heavy atom. The number of anilines is 1. The van der Waals surface area contributed by atoms with E-state index >= 15 is 0 Å². The summed E-state index contributed by atoms with van der Waals surface area (Å²) in [4.78, 5) is 26.2. The van der Waals surface area contributed by atoms with Crippen LogP contribution >= 0.6 is 0 Å². The Kier molecular flexibility index (Phi) is 5.32. The van der Waals surface area contributed by atoms with E-state index in [1.54, 1.807) is 17.0 Å². The maximum absolute atomic E-state index is 12.9. The molecule has 0 radical (unpaired) electrons. The van der Waals surface area contributed by atoms with Crippen LogP contribution in [0.1, 0.15) is 18.4 Å². The third-order valence-electron chi connectivity index (χ3n) is 5.00. The molecule has 0 aliphatic carbocycles. The molecule has 1 aromatic carbocycles. The van der Waals surface area contributed by atoms with Gasteiger partial charge in [-0.1, -0.05) is 6.07 Å². The van der Waals surface area contributed by atoms with E-state index in [0.29, 0.717) is 37.4 Å². The lowest BCUT2D eigenvalue weighted by Crippen LogP contribution is -2.53. The molecule has 3 rings (SSSR count). The summed E-state index contributed by atoms with van der Waals surface area (Å²) >= 11 is 0. The number of methoxy groups -OCH3 is 1. The van der Waals surface area contributed by atoms with Crippen molar-refractivity contribution in [1.82, 2.24) is 4.90 Å². The van der Waals surface area contributed by atoms with E-state index in [9.17, 15) is 18.0 Å². The first-order chi connectivity index (χ1) is 12.7. The van der Waals surface area contributed by atoms with Crippen molar-refractivity contribution in [2.45, 2.75) is 25.9 Å². The van der Waals surface area contributed by atoms with E-state index in [1.165, 1.54) is 11.4 Å². The van der Waals surface area contributed by atoms with Gasteiger partial charge in [0.25, 0.3) is 5.91 Å². The van der Waals surface area contributed by atoms with E-state index in [-0.39, 0.29) is 24.3 Å². The number of piperidine rings is 1. The zero-order chi connectivity index (χ0) is 19.8. The summed E-state index contributed by atoms with van der Waals surface area (Å²) in [6.45, 7) is 2.63. The fraction of sp³-hybridized carbons (Fsp3) is 0.556. The van der Waals surface area contributed by atoms with Gasteiger partial charge in [0.05, 0.1) is 31.5 Å². The normalized spacial score (nSPS) is 20.6. The molecule has 0 spiro atoms. The van der Waals surface area contributed by atoms with Gasteiger partial charge >= 0.3 is 5.97 Å². The molecule has 8 nitrogen and oxygen atoms in total. The van der Waals surface area contributed by atoms with Crippen molar-refractivity contribution in [1.29, 1.82) is 0 Å². The van der Waals surface area contributed by atoms with Crippen molar-refractivity contribution in [2.24, 2.45) is 5.92 Å². The van der Waals surface area contributed by atoms with E-state index < -0.39 is 16.1 Å². The second-order valence-corrected chi connectivity index (χ2v) is 8.90. The van der Waals surface area contributed by atoms with E-state index in [2.05, 4.69) is 0 Å². The van der Waals surface area contributed by atoms with Crippen LogP contribution in [-0.2, 0) is 24.3 Å². The lowest BCUT2D eigenvalue weighted by molar-refractivity contribution is -0.150. The SMILES string of the molecule is COC(=O)C1CCN(C(=O)[C@@H]2CN(S(C)(=O)=O)c3cc(C)ccc3O2)CC1. The molecule has 0 bridgehead atoms. The first-order valence-corrected chi connectivity index (χ1v) is 10.7. The largest absolute Gasteiger partial charge is 0.476 e. The van der Waals surface area contributed by atoms with Crippen molar-refractivity contribution in [3.63, 3.8) is 0 Å². The number of fused-ring (bicyclic) bond motifs is 1. The number of rotatable bonds is 3. The Balaban J connectivity index is 1.77. The number of carbonyl (C=O) groups excluding carboxylic acids is 2. The van der Waals surface area contributed by atoms with Crippen LogP contribution in [0.5, 0.6) is 5.75 Å². The van der Waals surface area contributed by atoms with Crippen LogP contribution in [0.3, 0.4) is 0 Å². The summed E-state index contributed by atoms with van der Waals surface area (Å²) in [5, 5.41) is 0. The first-order valence-electron chi connectivity index (χ1n) is 8.82. The zero-order valence-electron chi connectivity index (χ0n) is 15.7. The summed E-state index contributed by atoms with van der Waals surface area (Å²) < 4.78 is 36.3. The number of hydrogen-bond acceptors (Lipinski definition) is 6. The van der Waals surface area contributed by atoms with Gasteiger partial charge in [0, 0.05) is 13.1 Å². The van der Waals surface area contributed by atoms with Crippen LogP contribution in [0.15, 0.2) is 18.2 Å². The number of aryl methyl sites for hydroxylation is 1. The molecular weight excluding hydrogens is 372 g/mol. The Morgan fingerprint density at radius 3 is 2.48 bits per heavy atom. The molecule has 2 aliphatic rings. The molecule has 27 heavy (non-hydrogen) atoms. The molecule has 1 atom stereocenters. The van der Waals surface area contributed by atoms with Crippen molar-refractivity contribution in [3.05, 3.63) is 23.8 Å². The molecule has 0 aromatic heterocycles. The van der Waals surface area contributed by atoms with E-state index in [4.69, 9.17) is 9.47 Å². The van der Waals surface area contributed by atoms with Gasteiger partial charge in [-0.25, -0.2) is 8.42 Å². The molecule has 1 fully saturated rings. The molecule has 9 heteroatoms. The summed E-state index contributed by atoms with van der Waals surface area (Å²) in [7, 11) is -2.20. The number of sulfonamides is 1. The van der Waals surface area contributed by atoms with Crippen LogP contribution in [0.25, 0.3) is 0 Å². The molecule has 0 saturated carbocycles. The van der Waals surface area contributed by atoms with Gasteiger partial charge in [-0.05, 0) is 37.5 Å². The van der Waals surface area contributed by atoms with Crippen LogP contribution in [0.2, 0.25) is 0 Å². The average Bonchev–Trinajstić information content (AvgIpc) is 2.65. The second-order valence-electron chi connectivity index (χ2n) is 6.99. The van der Waals surface area contributed by atoms with Gasteiger partial charge in [0.2, 0.25) is 10.0 Å². The van der Waals surface area contributed by atoms with Gasteiger partial charge < -0.3 is 14.4 Å². The topological polar surface area (TPSA) is 93.2 Å². The predicted molar refractivity (Wildman–Crippen MR) is 99.1 cm³/mol. The van der Waals surface area contributed by atoms with E-state index in [0.717, 1.165) is 11.8 Å². The molecular formula is C18H24N2O6S. The van der Waals surface area contributed by atoms with Crippen LogP contribution in [0, 0.1) is 12.8 Å². The van der Waals surface area contributed by atoms with Gasteiger partial charge in [-0.2, -0.15) is 0 Å². The van der Waals surface area contributed by atoms with Gasteiger partial charge in [0.15, 0.2) is 6.10 Å². The van der Waals surface area contributed by atoms with Crippen LogP contribution in [0.4, 0.5) is 5.69 Å². The maximum Gasteiger partial charge on any atom is 0.308 e. The van der Waals surface area contributed by atoms with E-state index in [1.807, 2.05) is 13.0 Å². The highest BCUT2D eigenvalue weighted by molar-refractivity contribution is 7.92. The Morgan fingerprint density at radius 1 is 1.22 bits per heavy atom. The summed E-state index contributed by atoms with van der Waals surface area (Å²) in [6, 6.07) is 5.23. The van der Waals surface area contributed by atoms with Gasteiger partial charge in [-0.3, -0.25) is 13.9 Å². The van der Waals surface area contributed by atoms with Crippen LogP contribution < -0.4 is 9.04 Å². The molecule has 1 saturated heterocycles. The number of hydrogen-bond donors (Lipinski definition) is 0. The molecule has 1 aromatic rings. The first kappa shape index (κ1) is 19.5. The van der Waals surface area contributed by atoms with Gasteiger partial charge in [0.1, 0.15) is 5.75 Å². The number of ether oxygens (including phenoxy) is 2. The Bertz CT molecular complexity index is 845. The molecule has 1 amide bonds. The van der Waals surface area contributed by atoms with Crippen molar-refractivity contribution in [3.8, 4) is 5.75 Å². The minimum atomic E-state index is -3.56. The third-order valence-corrected chi connectivity index (χ3v) is 6.15. The number of carbonyl (C=O) groups is 2. The lowest BCUT2D eigenvalue weighted by Gasteiger charge is -2.38. The van der Waals surface area contributed by atoms with Crippen molar-refractivity contribution in [2.75, 3.05) is 37.3 Å². The Hall–Kier alpha value is -2.29. The fourth-order valence-corrected chi connectivity index (χ4v) is 4.42. The number of likely N-dealkylation sites (tertiary alicyclic amines) is 1. The highest BCUT2D eigenvalue weighted by Crippen LogP contribution is 2.36. The lowest BCUT2D eigenvalue weighted by atomic mass is 9.96. The highest BCUT2D eigenvalue weighted by atomic mass is 32.2. The molecule has 148 valence electrons. The fourth-order valence-electron chi connectivity index (χ4n) is 3.51. The highest BCUT2D eigenvalue weighted by Gasteiger charge is 2.38. The van der Waals surface area contributed by atoms with Crippen molar-refractivity contribution >= 4 is 27.6 Å². The quantitative estimate of drug-likeness (QED) is 0.706. The summed E-state index contributed by atoms with van der Waals surface area (Å²) in [6.07, 6.45) is 1.26. The summed E-state index contributed by atoms with van der Waals surface area (Å²) in [5.41, 5.74) is 1.35. The molecule has 0 N–H and O–H groups in total. The second kappa shape index (κ2) is 7.38. The maximum atomic E-state index is 12.9. The van der Waals surface area contributed by atoms with Crippen LogP contribution in [-0.4, -0.2) is 64.3 Å².